The van der Waals surface area contributed by atoms with Gasteiger partial charge < -0.3 is 20.8 Å². The van der Waals surface area contributed by atoms with Gasteiger partial charge in [-0.3, -0.25) is 14.4 Å². The summed E-state index contributed by atoms with van der Waals surface area (Å²) in [5.41, 5.74) is 7.15. The number of hydrogen-bond donors (Lipinski definition) is 3. The van der Waals surface area contributed by atoms with Crippen molar-refractivity contribution in [3.8, 4) is 11.5 Å². The highest BCUT2D eigenvalue weighted by atomic mass is 19.1. The van der Waals surface area contributed by atoms with Gasteiger partial charge in [0.05, 0.1) is 5.92 Å². The first-order valence-corrected chi connectivity index (χ1v) is 13.5. The van der Waals surface area contributed by atoms with Crippen molar-refractivity contribution in [3.63, 3.8) is 0 Å². The van der Waals surface area contributed by atoms with Crippen molar-refractivity contribution in [3.05, 3.63) is 94.8 Å². The molecule has 3 unspecified atom stereocenters. The Bertz CT molecular complexity index is 1340. The Morgan fingerprint density at radius 3 is 1.93 bits per heavy atom. The van der Waals surface area contributed by atoms with Crippen LogP contribution < -0.4 is 5.73 Å². The van der Waals surface area contributed by atoms with E-state index in [4.69, 9.17) is 5.73 Å². The number of ketones is 2. The number of amides is 1. The van der Waals surface area contributed by atoms with Crippen molar-refractivity contribution in [2.24, 2.45) is 23.5 Å². The number of carbonyl (C=O) groups is 3. The number of Topliss-reactive ketones (excluding diaryl/α,β-unsaturated/α-hetero) is 2. The van der Waals surface area contributed by atoms with E-state index in [1.54, 1.807) is 43.3 Å². The van der Waals surface area contributed by atoms with Crippen LogP contribution in [0.15, 0.2) is 66.7 Å². The highest BCUT2D eigenvalue weighted by molar-refractivity contribution is 6.02. The average Bonchev–Trinajstić information content (AvgIpc) is 2.93. The summed E-state index contributed by atoms with van der Waals surface area (Å²) in [6.45, 7) is 4.29. The zero-order valence-electron chi connectivity index (χ0n) is 22.7. The fourth-order valence-corrected chi connectivity index (χ4v) is 5.93. The first-order valence-electron chi connectivity index (χ1n) is 13.5. The van der Waals surface area contributed by atoms with Gasteiger partial charge in [0, 0.05) is 48.5 Å². The number of phenols is 2. The molecule has 3 aromatic rings. The van der Waals surface area contributed by atoms with E-state index in [1.165, 1.54) is 30.3 Å². The van der Waals surface area contributed by atoms with Crippen molar-refractivity contribution in [2.45, 2.75) is 32.6 Å². The molecule has 4 N–H and O–H groups in total. The molecule has 0 spiro atoms. The molecule has 210 valence electrons. The van der Waals surface area contributed by atoms with Gasteiger partial charge in [0.15, 0.2) is 11.6 Å². The van der Waals surface area contributed by atoms with Crippen molar-refractivity contribution < 1.29 is 29.0 Å². The van der Waals surface area contributed by atoms with Crippen LogP contribution in [0.3, 0.4) is 0 Å². The maximum Gasteiger partial charge on any atom is 0.221 e. The molecule has 3 aromatic carbocycles. The number of rotatable bonds is 10. The number of aromatic hydroxyl groups is 2. The quantitative estimate of drug-likeness (QED) is 0.313. The number of hydrogen-bond acceptors (Lipinski definition) is 6. The number of piperidine rings is 1. The summed E-state index contributed by atoms with van der Waals surface area (Å²) in [7, 11) is 0. The summed E-state index contributed by atoms with van der Waals surface area (Å²) in [5, 5.41) is 20.2. The van der Waals surface area contributed by atoms with Crippen molar-refractivity contribution in [1.29, 1.82) is 0 Å². The van der Waals surface area contributed by atoms with Gasteiger partial charge in [-0.15, -0.1) is 0 Å². The molecule has 1 amide bonds. The monoisotopic (exact) mass is 546 g/mol. The van der Waals surface area contributed by atoms with E-state index in [0.717, 1.165) is 6.42 Å². The largest absolute Gasteiger partial charge is 0.508 e. The third-order valence-corrected chi connectivity index (χ3v) is 7.90. The van der Waals surface area contributed by atoms with Crippen LogP contribution in [0.2, 0.25) is 0 Å². The average molecular weight is 547 g/mol. The lowest BCUT2D eigenvalue weighted by Gasteiger charge is -2.44. The van der Waals surface area contributed by atoms with E-state index in [9.17, 15) is 29.0 Å². The van der Waals surface area contributed by atoms with Gasteiger partial charge in [0.2, 0.25) is 5.91 Å². The number of halogens is 1. The molecule has 0 radical (unpaired) electrons. The molecule has 0 aliphatic carbocycles. The summed E-state index contributed by atoms with van der Waals surface area (Å²) in [5.74, 6) is -4.37. The molecular formula is C32H35FN2O5. The standard InChI is InChI=1S/C32H35FN2O5/c1-3-7-22(32(34)40)16-35-17-26(30(38)20-8-4-10-23(36)14-20)29(25-12-6-13-28(33)19(25)2)27(18-35)31(39)21-9-5-11-24(37)15-21/h4-6,8-15,22,26-27,29,36-37H,3,7,16-18H2,1-2H3,(H2,34,40). The van der Waals surface area contributed by atoms with Gasteiger partial charge in [-0.1, -0.05) is 49.7 Å². The molecule has 4 rings (SSSR count). The summed E-state index contributed by atoms with van der Waals surface area (Å²) in [6, 6.07) is 16.7. The lowest BCUT2D eigenvalue weighted by atomic mass is 9.67. The SMILES string of the molecule is CCCC(CN1CC(C(=O)c2cccc(O)c2)C(c2cccc(F)c2C)C(C(=O)c2cccc(O)c2)C1)C(N)=O. The fraction of sp³-hybridized carbons (Fsp3) is 0.344. The minimum Gasteiger partial charge on any atom is -0.508 e. The van der Waals surface area contributed by atoms with Crippen LogP contribution in [0.4, 0.5) is 4.39 Å². The molecule has 8 heteroatoms. The molecule has 3 atom stereocenters. The second-order valence-corrected chi connectivity index (χ2v) is 10.6. The number of likely N-dealkylation sites (tertiary alicyclic amines) is 1. The number of nitrogens with two attached hydrogens (primary N) is 1. The number of nitrogens with zero attached hydrogens (tertiary/aromatic N) is 1. The molecule has 1 heterocycles. The second-order valence-electron chi connectivity index (χ2n) is 10.6. The van der Waals surface area contributed by atoms with Crippen LogP contribution >= 0.6 is 0 Å². The Balaban J connectivity index is 1.86. The van der Waals surface area contributed by atoms with E-state index in [1.807, 2.05) is 11.8 Å². The van der Waals surface area contributed by atoms with E-state index >= 15 is 0 Å². The Morgan fingerprint density at radius 2 is 1.45 bits per heavy atom. The molecule has 1 saturated heterocycles. The fourth-order valence-electron chi connectivity index (χ4n) is 5.93. The summed E-state index contributed by atoms with van der Waals surface area (Å²) in [4.78, 5) is 42.4. The van der Waals surface area contributed by atoms with E-state index in [0.29, 0.717) is 17.5 Å². The predicted octanol–water partition coefficient (Wildman–Crippen LogP) is 4.84. The van der Waals surface area contributed by atoms with Gasteiger partial charge >= 0.3 is 0 Å². The lowest BCUT2D eigenvalue weighted by molar-refractivity contribution is -0.122. The summed E-state index contributed by atoms with van der Waals surface area (Å²) in [6.07, 6.45) is 1.30. The highest BCUT2D eigenvalue weighted by Crippen LogP contribution is 2.43. The van der Waals surface area contributed by atoms with Gasteiger partial charge in [-0.05, 0) is 54.8 Å². The molecule has 1 aliphatic rings. The van der Waals surface area contributed by atoms with Crippen molar-refractivity contribution in [1.82, 2.24) is 4.90 Å². The summed E-state index contributed by atoms with van der Waals surface area (Å²) < 4.78 is 14.9. The van der Waals surface area contributed by atoms with Crippen LogP contribution in [-0.4, -0.2) is 52.2 Å². The van der Waals surface area contributed by atoms with Crippen molar-refractivity contribution >= 4 is 17.5 Å². The highest BCUT2D eigenvalue weighted by Gasteiger charge is 2.46. The van der Waals surface area contributed by atoms with Crippen LogP contribution in [0.1, 0.15) is 57.5 Å². The summed E-state index contributed by atoms with van der Waals surface area (Å²) >= 11 is 0. The third kappa shape index (κ3) is 6.23. The molecule has 7 nitrogen and oxygen atoms in total. The third-order valence-electron chi connectivity index (χ3n) is 7.90. The number of benzene rings is 3. The zero-order chi connectivity index (χ0) is 29.0. The molecule has 40 heavy (non-hydrogen) atoms. The normalized spacial score (nSPS) is 20.1. The molecule has 0 bridgehead atoms. The Morgan fingerprint density at radius 1 is 0.925 bits per heavy atom. The number of phenolic OH excluding ortho intramolecular Hbond substituents is 2. The zero-order valence-corrected chi connectivity index (χ0v) is 22.7. The Kier molecular flexibility index (Phi) is 9.00. The van der Waals surface area contributed by atoms with Crippen molar-refractivity contribution in [2.75, 3.05) is 19.6 Å². The first-order chi connectivity index (χ1) is 19.1. The van der Waals surface area contributed by atoms with Crippen LogP contribution in [0.25, 0.3) is 0 Å². The predicted molar refractivity (Wildman–Crippen MR) is 150 cm³/mol. The van der Waals surface area contributed by atoms with Crippen LogP contribution in [-0.2, 0) is 4.79 Å². The maximum atomic E-state index is 14.9. The van der Waals surface area contributed by atoms with Gasteiger partial charge in [-0.25, -0.2) is 4.39 Å². The van der Waals surface area contributed by atoms with E-state index < -0.39 is 35.4 Å². The smallest absolute Gasteiger partial charge is 0.221 e. The molecular weight excluding hydrogens is 511 g/mol. The molecule has 1 fully saturated rings. The van der Waals surface area contributed by atoms with Gasteiger partial charge in [0.25, 0.3) is 0 Å². The molecule has 1 aliphatic heterocycles. The van der Waals surface area contributed by atoms with Gasteiger partial charge in [0.1, 0.15) is 17.3 Å². The molecule has 0 saturated carbocycles. The topological polar surface area (TPSA) is 121 Å². The maximum absolute atomic E-state index is 14.9. The second kappa shape index (κ2) is 12.4. The molecule has 0 aromatic heterocycles. The van der Waals surface area contributed by atoms with Crippen LogP contribution in [0.5, 0.6) is 11.5 Å². The lowest BCUT2D eigenvalue weighted by Crippen LogP contribution is -2.52. The number of primary amides is 1. The Hall–Kier alpha value is -4.04. The minimum atomic E-state index is -0.794. The Labute approximate surface area is 233 Å². The van der Waals surface area contributed by atoms with E-state index in [-0.39, 0.29) is 53.8 Å². The van der Waals surface area contributed by atoms with Gasteiger partial charge in [-0.2, -0.15) is 0 Å². The van der Waals surface area contributed by atoms with Crippen LogP contribution in [0, 0.1) is 30.5 Å². The van der Waals surface area contributed by atoms with E-state index in [2.05, 4.69) is 0 Å². The first kappa shape index (κ1) is 29.0. The minimum absolute atomic E-state index is 0.0684. The number of carbonyl (C=O) groups excluding carboxylic acids is 3.